The summed E-state index contributed by atoms with van der Waals surface area (Å²) in [6, 6.07) is 5.97. The van der Waals surface area contributed by atoms with Gasteiger partial charge in [-0.05, 0) is 44.4 Å². The summed E-state index contributed by atoms with van der Waals surface area (Å²) in [5, 5.41) is 3.11. The molecular weight excluding hydrogens is 300 g/mol. The Hall–Kier alpha value is -2.14. The minimum absolute atomic E-state index is 0.0371. The van der Waals surface area contributed by atoms with Crippen LogP contribution in [0, 0.1) is 19.8 Å². The summed E-state index contributed by atoms with van der Waals surface area (Å²) in [4.78, 5) is 19.2. The van der Waals surface area contributed by atoms with Crippen LogP contribution in [-0.4, -0.2) is 40.0 Å². The maximum absolute atomic E-state index is 12.4. The standard InChI is InChI=1S/C19H26N4O/c1-14-4-5-17(15(2)10-14)19(24)21-11-16-6-8-23(12-16)13-18-20-7-9-22(18)3/h4-5,7,9-10,16H,6,8,11-13H2,1-3H3,(H,21,24)/t16-/m0/s1. The molecule has 24 heavy (non-hydrogen) atoms. The van der Waals surface area contributed by atoms with Crippen molar-refractivity contribution in [2.24, 2.45) is 13.0 Å². The van der Waals surface area contributed by atoms with Crippen LogP contribution >= 0.6 is 0 Å². The van der Waals surface area contributed by atoms with Crippen LogP contribution in [-0.2, 0) is 13.6 Å². The number of likely N-dealkylation sites (tertiary alicyclic amines) is 1. The number of imidazole rings is 1. The third kappa shape index (κ3) is 3.85. The van der Waals surface area contributed by atoms with Crippen LogP contribution < -0.4 is 5.32 Å². The molecule has 5 nitrogen and oxygen atoms in total. The number of carbonyl (C=O) groups is 1. The van der Waals surface area contributed by atoms with Gasteiger partial charge in [0.2, 0.25) is 0 Å². The molecule has 1 fully saturated rings. The first-order chi connectivity index (χ1) is 11.5. The fourth-order valence-electron chi connectivity index (χ4n) is 3.37. The van der Waals surface area contributed by atoms with Gasteiger partial charge in [0.15, 0.2) is 0 Å². The van der Waals surface area contributed by atoms with Crippen molar-refractivity contribution in [2.45, 2.75) is 26.8 Å². The number of benzene rings is 1. The molecule has 0 radical (unpaired) electrons. The molecule has 1 aliphatic rings. The van der Waals surface area contributed by atoms with E-state index in [1.54, 1.807) is 0 Å². The highest BCUT2D eigenvalue weighted by atomic mass is 16.1. The normalized spacial score (nSPS) is 18.0. The van der Waals surface area contributed by atoms with Gasteiger partial charge in [-0.15, -0.1) is 0 Å². The Labute approximate surface area is 143 Å². The van der Waals surface area contributed by atoms with E-state index in [4.69, 9.17) is 0 Å². The molecular formula is C19H26N4O. The van der Waals surface area contributed by atoms with E-state index in [-0.39, 0.29) is 5.91 Å². The Morgan fingerprint density at radius 2 is 2.21 bits per heavy atom. The SMILES string of the molecule is Cc1ccc(C(=O)NC[C@@H]2CCN(Cc3nccn3C)C2)c(C)c1. The third-order valence-corrected chi connectivity index (χ3v) is 4.83. The average molecular weight is 326 g/mol. The summed E-state index contributed by atoms with van der Waals surface area (Å²) in [5.41, 5.74) is 3.00. The average Bonchev–Trinajstić information content (AvgIpc) is 3.15. The zero-order valence-electron chi connectivity index (χ0n) is 14.7. The Balaban J connectivity index is 1.49. The van der Waals surface area contributed by atoms with E-state index in [9.17, 15) is 4.79 Å². The van der Waals surface area contributed by atoms with Gasteiger partial charge in [0, 0.05) is 38.1 Å². The largest absolute Gasteiger partial charge is 0.352 e. The Bertz CT molecular complexity index is 722. The summed E-state index contributed by atoms with van der Waals surface area (Å²) in [6.07, 6.45) is 4.94. The highest BCUT2D eigenvalue weighted by Crippen LogP contribution is 2.18. The van der Waals surface area contributed by atoms with Crippen LogP contribution in [0.3, 0.4) is 0 Å². The van der Waals surface area contributed by atoms with Gasteiger partial charge in [-0.3, -0.25) is 9.69 Å². The number of aryl methyl sites for hydroxylation is 3. The quantitative estimate of drug-likeness (QED) is 0.917. The molecule has 2 heterocycles. The highest BCUT2D eigenvalue weighted by Gasteiger charge is 2.24. The fourth-order valence-corrected chi connectivity index (χ4v) is 3.37. The number of hydrogen-bond donors (Lipinski definition) is 1. The highest BCUT2D eigenvalue weighted by molar-refractivity contribution is 5.95. The number of nitrogens with zero attached hydrogens (tertiary/aromatic N) is 3. The van der Waals surface area contributed by atoms with Gasteiger partial charge in [-0.2, -0.15) is 0 Å². The van der Waals surface area contributed by atoms with E-state index in [0.717, 1.165) is 49.6 Å². The predicted octanol–water partition coefficient (Wildman–Crippen LogP) is 2.29. The van der Waals surface area contributed by atoms with Crippen molar-refractivity contribution in [2.75, 3.05) is 19.6 Å². The van der Waals surface area contributed by atoms with Crippen LogP contribution in [0.5, 0.6) is 0 Å². The fraction of sp³-hybridized carbons (Fsp3) is 0.474. The van der Waals surface area contributed by atoms with Crippen molar-refractivity contribution in [3.63, 3.8) is 0 Å². The number of amides is 1. The molecule has 1 aliphatic heterocycles. The van der Waals surface area contributed by atoms with Gasteiger partial charge in [-0.25, -0.2) is 4.98 Å². The number of hydrogen-bond acceptors (Lipinski definition) is 3. The second kappa shape index (κ2) is 7.18. The first-order valence-corrected chi connectivity index (χ1v) is 8.57. The summed E-state index contributed by atoms with van der Waals surface area (Å²) >= 11 is 0. The lowest BCUT2D eigenvalue weighted by Crippen LogP contribution is -2.31. The predicted molar refractivity (Wildman–Crippen MR) is 94.8 cm³/mol. The van der Waals surface area contributed by atoms with E-state index >= 15 is 0 Å². The number of carbonyl (C=O) groups excluding carboxylic acids is 1. The Morgan fingerprint density at radius 3 is 2.92 bits per heavy atom. The summed E-state index contributed by atoms with van der Waals surface area (Å²) in [5.74, 6) is 1.64. The van der Waals surface area contributed by atoms with E-state index < -0.39 is 0 Å². The molecule has 0 saturated carbocycles. The number of nitrogens with one attached hydrogen (secondary N) is 1. The molecule has 3 rings (SSSR count). The van der Waals surface area contributed by atoms with Crippen LogP contribution in [0.25, 0.3) is 0 Å². The zero-order chi connectivity index (χ0) is 17.1. The number of aromatic nitrogens is 2. The Kier molecular flexibility index (Phi) is 5.00. The van der Waals surface area contributed by atoms with Crippen LogP contribution in [0.2, 0.25) is 0 Å². The molecule has 0 spiro atoms. The molecule has 1 saturated heterocycles. The van der Waals surface area contributed by atoms with Gasteiger partial charge < -0.3 is 9.88 Å². The molecule has 0 unspecified atom stereocenters. The lowest BCUT2D eigenvalue weighted by molar-refractivity contribution is 0.0946. The summed E-state index contributed by atoms with van der Waals surface area (Å²) < 4.78 is 2.06. The molecule has 5 heteroatoms. The lowest BCUT2D eigenvalue weighted by Gasteiger charge is -2.16. The van der Waals surface area contributed by atoms with E-state index in [1.807, 2.05) is 45.4 Å². The van der Waals surface area contributed by atoms with E-state index in [2.05, 4.69) is 25.8 Å². The summed E-state index contributed by atoms with van der Waals surface area (Å²) in [7, 11) is 2.03. The van der Waals surface area contributed by atoms with Crippen molar-refractivity contribution in [1.29, 1.82) is 0 Å². The molecule has 1 amide bonds. The van der Waals surface area contributed by atoms with Crippen LogP contribution in [0.15, 0.2) is 30.6 Å². The van der Waals surface area contributed by atoms with Gasteiger partial charge in [0.05, 0.1) is 6.54 Å². The molecule has 1 aromatic carbocycles. The summed E-state index contributed by atoms with van der Waals surface area (Å²) in [6.45, 7) is 7.74. The topological polar surface area (TPSA) is 50.2 Å². The smallest absolute Gasteiger partial charge is 0.251 e. The van der Waals surface area contributed by atoms with Crippen molar-refractivity contribution in [3.8, 4) is 0 Å². The van der Waals surface area contributed by atoms with Crippen LogP contribution in [0.4, 0.5) is 0 Å². The third-order valence-electron chi connectivity index (χ3n) is 4.83. The van der Waals surface area contributed by atoms with Crippen molar-refractivity contribution < 1.29 is 4.79 Å². The molecule has 1 atom stereocenters. The van der Waals surface area contributed by atoms with Crippen molar-refractivity contribution in [1.82, 2.24) is 19.8 Å². The van der Waals surface area contributed by atoms with Crippen molar-refractivity contribution >= 4 is 5.91 Å². The monoisotopic (exact) mass is 326 g/mol. The van der Waals surface area contributed by atoms with Crippen molar-refractivity contribution in [3.05, 3.63) is 53.1 Å². The maximum Gasteiger partial charge on any atom is 0.251 e. The van der Waals surface area contributed by atoms with Gasteiger partial charge >= 0.3 is 0 Å². The van der Waals surface area contributed by atoms with E-state index in [0.29, 0.717) is 5.92 Å². The molecule has 2 aromatic rings. The molecule has 0 aliphatic carbocycles. The number of rotatable bonds is 5. The second-order valence-electron chi connectivity index (χ2n) is 6.87. The molecule has 128 valence electrons. The maximum atomic E-state index is 12.4. The van der Waals surface area contributed by atoms with Gasteiger partial charge in [0.1, 0.15) is 5.82 Å². The second-order valence-corrected chi connectivity index (χ2v) is 6.87. The minimum atomic E-state index is 0.0371. The molecule has 1 N–H and O–H groups in total. The minimum Gasteiger partial charge on any atom is -0.352 e. The van der Waals surface area contributed by atoms with E-state index in [1.165, 1.54) is 5.56 Å². The first kappa shape index (κ1) is 16.7. The molecule has 0 bridgehead atoms. The van der Waals surface area contributed by atoms with Gasteiger partial charge in [-0.1, -0.05) is 17.7 Å². The molecule has 1 aromatic heterocycles. The van der Waals surface area contributed by atoms with Gasteiger partial charge in [0.25, 0.3) is 5.91 Å². The first-order valence-electron chi connectivity index (χ1n) is 8.57. The lowest BCUT2D eigenvalue weighted by atomic mass is 10.0. The Morgan fingerprint density at radius 1 is 1.38 bits per heavy atom. The van der Waals surface area contributed by atoms with Crippen LogP contribution in [0.1, 0.15) is 33.7 Å². The zero-order valence-corrected chi connectivity index (χ0v) is 14.7.